The van der Waals surface area contributed by atoms with Crippen molar-refractivity contribution >= 4 is 28.6 Å². The van der Waals surface area contributed by atoms with E-state index in [-0.39, 0.29) is 5.91 Å². The number of amides is 1. The first-order valence-electron chi connectivity index (χ1n) is 7.32. The van der Waals surface area contributed by atoms with E-state index < -0.39 is 0 Å². The fourth-order valence-corrected chi connectivity index (χ4v) is 3.62. The van der Waals surface area contributed by atoms with Gasteiger partial charge in [0.2, 0.25) is 5.91 Å². The molecule has 0 atom stereocenters. The number of nitrogens with one attached hydrogen (secondary N) is 1. The quantitative estimate of drug-likeness (QED) is 0.827. The van der Waals surface area contributed by atoms with Gasteiger partial charge < -0.3 is 5.32 Å². The number of rotatable bonds is 7. The van der Waals surface area contributed by atoms with Crippen LogP contribution in [0.15, 0.2) is 17.5 Å². The van der Waals surface area contributed by atoms with Gasteiger partial charge in [-0.15, -0.1) is 22.7 Å². The van der Waals surface area contributed by atoms with Gasteiger partial charge in [0.05, 0.1) is 15.6 Å². The van der Waals surface area contributed by atoms with Crippen LogP contribution in [0, 0.1) is 12.8 Å². The number of thiophene rings is 1. The monoisotopic (exact) mass is 322 g/mol. The highest BCUT2D eigenvalue weighted by molar-refractivity contribution is 7.16. The maximum atomic E-state index is 11.7. The molecule has 2 aromatic heterocycles. The molecule has 0 aliphatic heterocycles. The lowest BCUT2D eigenvalue weighted by molar-refractivity contribution is -0.121. The third kappa shape index (κ3) is 5.25. The van der Waals surface area contributed by atoms with Crippen LogP contribution in [0.25, 0.3) is 10.6 Å². The predicted molar refractivity (Wildman–Crippen MR) is 90.9 cm³/mol. The summed E-state index contributed by atoms with van der Waals surface area (Å²) in [5.41, 5.74) is 1.06. The summed E-state index contributed by atoms with van der Waals surface area (Å²) >= 11 is 3.44. The zero-order chi connectivity index (χ0) is 15.2. The Morgan fingerprint density at radius 3 is 2.86 bits per heavy atom. The van der Waals surface area contributed by atoms with Gasteiger partial charge >= 0.3 is 0 Å². The molecule has 2 aromatic rings. The molecule has 2 heterocycles. The molecule has 0 bridgehead atoms. The van der Waals surface area contributed by atoms with Crippen LogP contribution in [0.3, 0.4) is 0 Å². The van der Waals surface area contributed by atoms with E-state index in [1.165, 1.54) is 9.75 Å². The van der Waals surface area contributed by atoms with Gasteiger partial charge in [0, 0.05) is 23.2 Å². The highest BCUT2D eigenvalue weighted by Gasteiger charge is 2.07. The topological polar surface area (TPSA) is 42.0 Å². The van der Waals surface area contributed by atoms with Gasteiger partial charge in [0.1, 0.15) is 0 Å². The summed E-state index contributed by atoms with van der Waals surface area (Å²) in [5, 5.41) is 6.18. The Morgan fingerprint density at radius 2 is 2.19 bits per heavy atom. The van der Waals surface area contributed by atoms with Crippen LogP contribution in [0.4, 0.5) is 0 Å². The third-order valence-electron chi connectivity index (χ3n) is 3.18. The molecule has 0 aromatic carbocycles. The summed E-state index contributed by atoms with van der Waals surface area (Å²) in [7, 11) is 0. The van der Waals surface area contributed by atoms with E-state index in [2.05, 4.69) is 41.7 Å². The molecule has 5 heteroatoms. The highest BCUT2D eigenvalue weighted by atomic mass is 32.1. The van der Waals surface area contributed by atoms with E-state index >= 15 is 0 Å². The van der Waals surface area contributed by atoms with Crippen molar-refractivity contribution in [3.8, 4) is 10.6 Å². The van der Waals surface area contributed by atoms with E-state index in [0.29, 0.717) is 18.9 Å². The summed E-state index contributed by atoms with van der Waals surface area (Å²) in [5.74, 6) is 0.743. The first kappa shape index (κ1) is 16.2. The van der Waals surface area contributed by atoms with Crippen molar-refractivity contribution in [2.24, 2.45) is 5.92 Å². The van der Waals surface area contributed by atoms with Gasteiger partial charge in [-0.2, -0.15) is 0 Å². The van der Waals surface area contributed by atoms with Crippen LogP contribution in [0.5, 0.6) is 0 Å². The maximum absolute atomic E-state index is 11.7. The van der Waals surface area contributed by atoms with E-state index in [4.69, 9.17) is 0 Å². The Morgan fingerprint density at radius 1 is 1.38 bits per heavy atom. The molecule has 21 heavy (non-hydrogen) atoms. The normalized spacial score (nSPS) is 11.0. The third-order valence-corrected chi connectivity index (χ3v) is 5.12. The standard InChI is InChI=1S/C16H22N2OS2/c1-11(2)4-7-16(19)17-9-8-13-5-6-15(21-13)14-10-20-12(3)18-14/h5-6,10-11H,4,7-9H2,1-3H3,(H,17,19). The Bertz CT molecular complexity index is 587. The second-order valence-corrected chi connectivity index (χ2v) is 7.78. The van der Waals surface area contributed by atoms with Crippen LogP contribution in [0.2, 0.25) is 0 Å². The minimum Gasteiger partial charge on any atom is -0.356 e. The molecular weight excluding hydrogens is 300 g/mol. The molecule has 1 amide bonds. The fourth-order valence-electron chi connectivity index (χ4n) is 1.96. The molecule has 0 saturated carbocycles. The molecule has 1 N–H and O–H groups in total. The fraction of sp³-hybridized carbons (Fsp3) is 0.500. The summed E-state index contributed by atoms with van der Waals surface area (Å²) in [4.78, 5) is 18.7. The van der Waals surface area contributed by atoms with Crippen molar-refractivity contribution < 1.29 is 4.79 Å². The molecule has 2 rings (SSSR count). The number of carbonyl (C=O) groups excluding carboxylic acids is 1. The van der Waals surface area contributed by atoms with Gasteiger partial charge in [-0.3, -0.25) is 4.79 Å². The molecule has 0 radical (unpaired) electrons. The first-order chi connectivity index (χ1) is 10.0. The van der Waals surface area contributed by atoms with Crippen molar-refractivity contribution in [1.82, 2.24) is 10.3 Å². The average Bonchev–Trinajstić information content (AvgIpc) is 3.05. The van der Waals surface area contributed by atoms with Crippen LogP contribution >= 0.6 is 22.7 Å². The summed E-state index contributed by atoms with van der Waals surface area (Å²) in [6, 6.07) is 4.25. The zero-order valence-electron chi connectivity index (χ0n) is 12.8. The molecule has 0 unspecified atom stereocenters. The second-order valence-electron chi connectivity index (χ2n) is 5.55. The van der Waals surface area contributed by atoms with E-state index in [1.807, 2.05) is 6.92 Å². The molecular formula is C16H22N2OS2. The number of hydrogen-bond acceptors (Lipinski definition) is 4. The Kier molecular flexibility index (Phi) is 5.94. The summed E-state index contributed by atoms with van der Waals surface area (Å²) in [6.07, 6.45) is 2.48. The highest BCUT2D eigenvalue weighted by Crippen LogP contribution is 2.29. The summed E-state index contributed by atoms with van der Waals surface area (Å²) < 4.78 is 0. The molecule has 0 aliphatic carbocycles. The Balaban J connectivity index is 1.77. The number of aryl methyl sites for hydroxylation is 1. The van der Waals surface area contributed by atoms with Gasteiger partial charge in [-0.1, -0.05) is 13.8 Å². The first-order valence-corrected chi connectivity index (χ1v) is 9.02. The SMILES string of the molecule is Cc1nc(-c2ccc(CCNC(=O)CCC(C)C)s2)cs1. The van der Waals surface area contributed by atoms with Crippen LogP contribution in [0.1, 0.15) is 36.6 Å². The van der Waals surface area contributed by atoms with Gasteiger partial charge in [0.25, 0.3) is 0 Å². The number of thiazole rings is 1. The second kappa shape index (κ2) is 7.71. The maximum Gasteiger partial charge on any atom is 0.220 e. The average molecular weight is 322 g/mol. The number of hydrogen-bond donors (Lipinski definition) is 1. The lowest BCUT2D eigenvalue weighted by atomic mass is 10.1. The lowest BCUT2D eigenvalue weighted by Gasteiger charge is -2.05. The van der Waals surface area contributed by atoms with E-state index in [0.717, 1.165) is 23.5 Å². The van der Waals surface area contributed by atoms with Crippen LogP contribution < -0.4 is 5.32 Å². The Hall–Kier alpha value is -1.20. The summed E-state index contributed by atoms with van der Waals surface area (Å²) in [6.45, 7) is 7.02. The lowest BCUT2D eigenvalue weighted by Crippen LogP contribution is -2.25. The van der Waals surface area contributed by atoms with Crippen molar-refractivity contribution in [3.05, 3.63) is 27.4 Å². The van der Waals surface area contributed by atoms with Crippen molar-refractivity contribution in [2.75, 3.05) is 6.54 Å². The number of aromatic nitrogens is 1. The molecule has 0 fully saturated rings. The van der Waals surface area contributed by atoms with Crippen molar-refractivity contribution in [2.45, 2.75) is 40.0 Å². The predicted octanol–water partition coefficient (Wildman–Crippen LogP) is 4.27. The van der Waals surface area contributed by atoms with E-state index in [9.17, 15) is 4.79 Å². The molecule has 0 spiro atoms. The number of carbonyl (C=O) groups is 1. The minimum absolute atomic E-state index is 0.163. The zero-order valence-corrected chi connectivity index (χ0v) is 14.4. The van der Waals surface area contributed by atoms with Crippen molar-refractivity contribution in [3.63, 3.8) is 0 Å². The van der Waals surface area contributed by atoms with Crippen LogP contribution in [-0.2, 0) is 11.2 Å². The van der Waals surface area contributed by atoms with Gasteiger partial charge in [-0.25, -0.2) is 4.98 Å². The van der Waals surface area contributed by atoms with Crippen LogP contribution in [-0.4, -0.2) is 17.4 Å². The van der Waals surface area contributed by atoms with Crippen molar-refractivity contribution in [1.29, 1.82) is 0 Å². The number of nitrogens with zero attached hydrogens (tertiary/aromatic N) is 1. The molecule has 3 nitrogen and oxygen atoms in total. The van der Waals surface area contributed by atoms with Gasteiger partial charge in [0.15, 0.2) is 0 Å². The largest absolute Gasteiger partial charge is 0.356 e. The smallest absolute Gasteiger partial charge is 0.220 e. The van der Waals surface area contributed by atoms with Gasteiger partial charge in [-0.05, 0) is 37.8 Å². The molecule has 114 valence electrons. The molecule has 0 saturated heterocycles. The van der Waals surface area contributed by atoms with E-state index in [1.54, 1.807) is 22.7 Å². The molecule has 0 aliphatic rings. The Labute approximate surface area is 134 Å². The minimum atomic E-state index is 0.163.